The summed E-state index contributed by atoms with van der Waals surface area (Å²) >= 11 is 0. The Labute approximate surface area is 119 Å². The molecule has 0 saturated carbocycles. The maximum Gasteiger partial charge on any atom is 0.205 e. The highest BCUT2D eigenvalue weighted by atomic mass is 16.4. The summed E-state index contributed by atoms with van der Waals surface area (Å²) in [6.07, 6.45) is 1.47. The van der Waals surface area contributed by atoms with E-state index in [-0.39, 0.29) is 5.84 Å². The second-order valence-corrected chi connectivity index (χ2v) is 4.16. The molecule has 3 rings (SSSR count). The number of nitrogens with two attached hydrogens (primary N) is 1. The third-order valence-electron chi connectivity index (χ3n) is 2.80. The van der Waals surface area contributed by atoms with Crippen LogP contribution in [0.25, 0.3) is 17.2 Å². The van der Waals surface area contributed by atoms with Gasteiger partial charge in [-0.1, -0.05) is 35.5 Å². The van der Waals surface area contributed by atoms with Gasteiger partial charge in [-0.05, 0) is 17.3 Å². The summed E-state index contributed by atoms with van der Waals surface area (Å²) in [4.78, 5) is 5.47. The van der Waals surface area contributed by atoms with Gasteiger partial charge in [0, 0.05) is 17.3 Å². The van der Waals surface area contributed by atoms with Gasteiger partial charge in [0.25, 0.3) is 0 Å². The van der Waals surface area contributed by atoms with E-state index in [0.717, 1.165) is 5.56 Å². The highest BCUT2D eigenvalue weighted by Gasteiger charge is 2.08. The van der Waals surface area contributed by atoms with Crippen molar-refractivity contribution in [2.24, 2.45) is 10.9 Å². The molecule has 8 nitrogen and oxygen atoms in total. The molecule has 8 heteroatoms. The van der Waals surface area contributed by atoms with Crippen molar-refractivity contribution in [3.63, 3.8) is 0 Å². The van der Waals surface area contributed by atoms with Crippen molar-refractivity contribution < 1.29 is 5.21 Å². The molecule has 0 saturated heterocycles. The zero-order valence-corrected chi connectivity index (χ0v) is 10.8. The van der Waals surface area contributed by atoms with E-state index in [1.807, 2.05) is 30.3 Å². The maximum atomic E-state index is 8.60. The molecular weight excluding hydrogens is 270 g/mol. The number of benzene rings is 1. The largest absolute Gasteiger partial charge is 0.409 e. The van der Waals surface area contributed by atoms with Gasteiger partial charge >= 0.3 is 0 Å². The first kappa shape index (κ1) is 12.7. The Morgan fingerprint density at radius 2 is 1.95 bits per heavy atom. The topological polar surface area (TPSA) is 115 Å². The van der Waals surface area contributed by atoms with Gasteiger partial charge in [-0.25, -0.2) is 4.98 Å². The average molecular weight is 281 g/mol. The summed E-state index contributed by atoms with van der Waals surface area (Å²) in [5.74, 6) is 0.989. The van der Waals surface area contributed by atoms with Crippen LogP contribution in [0.2, 0.25) is 0 Å². The molecule has 0 fully saturated rings. The monoisotopic (exact) mass is 281 g/mol. The Bertz CT molecular complexity index is 765. The number of hydrogen-bond donors (Lipinski definition) is 2. The lowest BCUT2D eigenvalue weighted by molar-refractivity contribution is 0.318. The van der Waals surface area contributed by atoms with E-state index in [1.54, 1.807) is 12.1 Å². The number of nitrogens with zero attached hydrogens (tertiary/aromatic N) is 6. The van der Waals surface area contributed by atoms with Crippen LogP contribution in [0.4, 0.5) is 0 Å². The van der Waals surface area contributed by atoms with E-state index in [0.29, 0.717) is 17.2 Å². The van der Waals surface area contributed by atoms with Gasteiger partial charge in [0.2, 0.25) is 5.82 Å². The predicted octanol–water partition coefficient (Wildman–Crippen LogP) is 0.819. The number of oxime groups is 1. The Kier molecular flexibility index (Phi) is 3.26. The van der Waals surface area contributed by atoms with Crippen LogP contribution >= 0.6 is 0 Å². The van der Waals surface area contributed by atoms with E-state index in [9.17, 15) is 0 Å². The molecule has 0 atom stereocenters. The van der Waals surface area contributed by atoms with Gasteiger partial charge < -0.3 is 10.9 Å². The highest BCUT2D eigenvalue weighted by Crippen LogP contribution is 2.13. The van der Waals surface area contributed by atoms with Crippen LogP contribution in [0.3, 0.4) is 0 Å². The minimum atomic E-state index is -0.00873. The Morgan fingerprint density at radius 3 is 2.62 bits per heavy atom. The molecule has 3 aromatic rings. The van der Waals surface area contributed by atoms with Crippen LogP contribution < -0.4 is 5.73 Å². The second-order valence-electron chi connectivity index (χ2n) is 4.16. The molecule has 104 valence electrons. The molecule has 0 spiro atoms. The second kappa shape index (κ2) is 5.37. The molecule has 0 aliphatic heterocycles. The van der Waals surface area contributed by atoms with E-state index in [4.69, 9.17) is 10.9 Å². The molecule has 0 radical (unpaired) electrons. The first-order valence-corrected chi connectivity index (χ1v) is 6.07. The third-order valence-corrected chi connectivity index (χ3v) is 2.80. The molecule has 2 heterocycles. The van der Waals surface area contributed by atoms with Crippen molar-refractivity contribution in [1.29, 1.82) is 0 Å². The van der Waals surface area contributed by atoms with Crippen LogP contribution in [0.15, 0.2) is 53.8 Å². The molecule has 0 aliphatic rings. The molecule has 0 unspecified atom stereocenters. The Hall–Kier alpha value is -3.29. The molecule has 0 amide bonds. The fourth-order valence-corrected chi connectivity index (χ4v) is 1.73. The Morgan fingerprint density at radius 1 is 1.14 bits per heavy atom. The lowest BCUT2D eigenvalue weighted by atomic mass is 10.2. The SMILES string of the molecule is N/C(=N\O)c1ccc(-n2nnc(-c3ccccc3)n2)nc1. The zero-order chi connectivity index (χ0) is 14.7. The van der Waals surface area contributed by atoms with E-state index in [2.05, 4.69) is 25.6 Å². The number of aromatic nitrogens is 5. The van der Waals surface area contributed by atoms with Crippen molar-refractivity contribution in [3.05, 3.63) is 54.2 Å². The summed E-state index contributed by atoms with van der Waals surface area (Å²) < 4.78 is 0. The van der Waals surface area contributed by atoms with Gasteiger partial charge in [0.05, 0.1) is 0 Å². The minimum absolute atomic E-state index is 0.00873. The lowest BCUT2D eigenvalue weighted by Crippen LogP contribution is -2.14. The third kappa shape index (κ3) is 2.54. The molecular formula is C13H11N7O. The fraction of sp³-hybridized carbons (Fsp3) is 0. The predicted molar refractivity (Wildman–Crippen MR) is 74.9 cm³/mol. The summed E-state index contributed by atoms with van der Waals surface area (Å²) in [5, 5.41) is 23.7. The van der Waals surface area contributed by atoms with E-state index in [1.165, 1.54) is 11.0 Å². The minimum Gasteiger partial charge on any atom is -0.409 e. The van der Waals surface area contributed by atoms with Crippen molar-refractivity contribution >= 4 is 5.84 Å². The Balaban J connectivity index is 1.90. The van der Waals surface area contributed by atoms with Crippen molar-refractivity contribution in [2.45, 2.75) is 0 Å². The summed E-state index contributed by atoms with van der Waals surface area (Å²) in [6.45, 7) is 0. The zero-order valence-electron chi connectivity index (χ0n) is 10.8. The maximum absolute atomic E-state index is 8.60. The number of hydrogen-bond acceptors (Lipinski definition) is 6. The first-order valence-electron chi connectivity index (χ1n) is 6.07. The van der Waals surface area contributed by atoms with Crippen LogP contribution in [-0.2, 0) is 0 Å². The van der Waals surface area contributed by atoms with E-state index < -0.39 is 0 Å². The molecule has 2 aromatic heterocycles. The van der Waals surface area contributed by atoms with Crippen molar-refractivity contribution in [3.8, 4) is 17.2 Å². The molecule has 0 bridgehead atoms. The lowest BCUT2D eigenvalue weighted by Gasteiger charge is -2.00. The van der Waals surface area contributed by atoms with Crippen LogP contribution in [-0.4, -0.2) is 36.2 Å². The van der Waals surface area contributed by atoms with Gasteiger partial charge in [0.15, 0.2) is 11.7 Å². The number of rotatable bonds is 3. The van der Waals surface area contributed by atoms with Gasteiger partial charge in [-0.15, -0.1) is 15.0 Å². The summed E-state index contributed by atoms with van der Waals surface area (Å²) in [7, 11) is 0. The van der Waals surface area contributed by atoms with Crippen molar-refractivity contribution in [2.75, 3.05) is 0 Å². The van der Waals surface area contributed by atoms with Gasteiger partial charge in [-0.3, -0.25) is 0 Å². The summed E-state index contributed by atoms with van der Waals surface area (Å²) in [6, 6.07) is 12.8. The normalized spacial score (nSPS) is 11.5. The molecule has 3 N–H and O–H groups in total. The van der Waals surface area contributed by atoms with Crippen LogP contribution in [0, 0.1) is 0 Å². The van der Waals surface area contributed by atoms with Crippen LogP contribution in [0.1, 0.15) is 5.56 Å². The first-order chi connectivity index (χ1) is 10.3. The number of tetrazole rings is 1. The fourth-order valence-electron chi connectivity index (χ4n) is 1.73. The quantitative estimate of drug-likeness (QED) is 0.318. The number of pyridine rings is 1. The van der Waals surface area contributed by atoms with E-state index >= 15 is 0 Å². The standard InChI is InChI=1S/C13H11N7O/c14-12(18-21)10-6-7-11(15-8-10)20-17-13(16-19-20)9-4-2-1-3-5-9/h1-8,21H,(H2,14,18). The van der Waals surface area contributed by atoms with Gasteiger partial charge in [0.1, 0.15) is 0 Å². The highest BCUT2D eigenvalue weighted by molar-refractivity contribution is 5.96. The smallest absolute Gasteiger partial charge is 0.205 e. The average Bonchev–Trinajstić information content (AvgIpc) is 3.05. The van der Waals surface area contributed by atoms with Gasteiger partial charge in [-0.2, -0.15) is 0 Å². The summed E-state index contributed by atoms with van der Waals surface area (Å²) in [5.41, 5.74) is 6.85. The molecule has 0 aliphatic carbocycles. The molecule has 1 aromatic carbocycles. The van der Waals surface area contributed by atoms with Crippen LogP contribution in [0.5, 0.6) is 0 Å². The molecule has 21 heavy (non-hydrogen) atoms. The number of amidine groups is 1. The van der Waals surface area contributed by atoms with Crippen molar-refractivity contribution in [1.82, 2.24) is 25.2 Å².